The maximum absolute atomic E-state index is 11.5. The number of phenolic OH excluding ortho intramolecular Hbond substituents is 1. The zero-order valence-corrected chi connectivity index (χ0v) is 12.5. The molecular formula is C18H19NO3. The molecule has 0 unspecified atom stereocenters. The van der Waals surface area contributed by atoms with E-state index in [1.165, 1.54) is 0 Å². The van der Waals surface area contributed by atoms with Crippen molar-refractivity contribution in [3.63, 3.8) is 0 Å². The van der Waals surface area contributed by atoms with Gasteiger partial charge in [0.2, 0.25) is 0 Å². The van der Waals surface area contributed by atoms with Crippen LogP contribution in [0.5, 0.6) is 5.75 Å². The first-order valence-corrected chi connectivity index (χ1v) is 7.06. The number of aromatic hydroxyl groups is 1. The number of hydrogen-bond acceptors (Lipinski definition) is 3. The Labute approximate surface area is 130 Å². The lowest BCUT2D eigenvalue weighted by atomic mass is 10.1. The fourth-order valence-corrected chi connectivity index (χ4v) is 1.91. The molecule has 0 aliphatic carbocycles. The highest BCUT2D eigenvalue weighted by Crippen LogP contribution is 2.19. The van der Waals surface area contributed by atoms with Crippen molar-refractivity contribution in [2.75, 3.05) is 6.54 Å². The molecule has 0 bridgehead atoms. The van der Waals surface area contributed by atoms with E-state index in [4.69, 9.17) is 4.74 Å². The van der Waals surface area contributed by atoms with Crippen molar-refractivity contribution < 1.29 is 14.6 Å². The van der Waals surface area contributed by atoms with Crippen molar-refractivity contribution in [2.24, 2.45) is 0 Å². The fourth-order valence-electron chi connectivity index (χ4n) is 1.91. The average molecular weight is 297 g/mol. The van der Waals surface area contributed by atoms with Crippen LogP contribution in [-0.4, -0.2) is 17.7 Å². The molecule has 2 N–H and O–H groups in total. The van der Waals surface area contributed by atoms with Crippen LogP contribution in [0.2, 0.25) is 0 Å². The van der Waals surface area contributed by atoms with Gasteiger partial charge < -0.3 is 15.2 Å². The summed E-state index contributed by atoms with van der Waals surface area (Å²) in [6.45, 7) is 2.53. The third-order valence-electron chi connectivity index (χ3n) is 3.06. The molecule has 4 nitrogen and oxygen atoms in total. The summed E-state index contributed by atoms with van der Waals surface area (Å²) in [5, 5.41) is 12.3. The second-order valence-electron chi connectivity index (χ2n) is 4.91. The normalized spacial score (nSPS) is 10.6. The molecule has 2 rings (SSSR count). The summed E-state index contributed by atoms with van der Waals surface area (Å²) >= 11 is 0. The molecule has 2 aromatic rings. The quantitative estimate of drug-likeness (QED) is 0.886. The predicted octanol–water partition coefficient (Wildman–Crippen LogP) is 3.64. The Morgan fingerprint density at radius 2 is 2.00 bits per heavy atom. The standard InChI is InChI=1S/C18H19NO3/c1-14-9-10-17(20)16(12-14)8-5-11-19-18(21)22-13-15-6-3-2-4-7-15/h2-10,12,20H,11,13H2,1H3,(H,19,21). The number of amides is 1. The smallest absolute Gasteiger partial charge is 0.407 e. The minimum atomic E-state index is -0.470. The van der Waals surface area contributed by atoms with Gasteiger partial charge in [-0.05, 0) is 24.6 Å². The Morgan fingerprint density at radius 1 is 1.23 bits per heavy atom. The molecule has 0 atom stereocenters. The Hall–Kier alpha value is -2.75. The number of benzene rings is 2. The van der Waals surface area contributed by atoms with E-state index in [0.29, 0.717) is 6.54 Å². The fraction of sp³-hybridized carbons (Fsp3) is 0.167. The van der Waals surface area contributed by atoms with Crippen LogP contribution in [0.3, 0.4) is 0 Å². The van der Waals surface area contributed by atoms with Crippen LogP contribution < -0.4 is 5.32 Å². The largest absolute Gasteiger partial charge is 0.507 e. The number of nitrogens with one attached hydrogen (secondary N) is 1. The van der Waals surface area contributed by atoms with E-state index in [2.05, 4.69) is 5.32 Å². The predicted molar refractivity (Wildman–Crippen MR) is 86.5 cm³/mol. The van der Waals surface area contributed by atoms with Gasteiger partial charge in [0, 0.05) is 12.1 Å². The average Bonchev–Trinajstić information content (AvgIpc) is 2.53. The number of ether oxygens (including phenoxy) is 1. The first kappa shape index (κ1) is 15.6. The second-order valence-corrected chi connectivity index (χ2v) is 4.91. The Morgan fingerprint density at radius 3 is 2.77 bits per heavy atom. The number of rotatable bonds is 5. The molecule has 0 heterocycles. The number of hydrogen-bond donors (Lipinski definition) is 2. The van der Waals surface area contributed by atoms with Gasteiger partial charge in [0.25, 0.3) is 0 Å². The van der Waals surface area contributed by atoms with Crippen LogP contribution >= 0.6 is 0 Å². The lowest BCUT2D eigenvalue weighted by Crippen LogP contribution is -2.24. The molecule has 0 saturated heterocycles. The van der Waals surface area contributed by atoms with Gasteiger partial charge in [-0.25, -0.2) is 4.79 Å². The SMILES string of the molecule is Cc1ccc(O)c(C=CCNC(=O)OCc2ccccc2)c1. The van der Waals surface area contributed by atoms with Gasteiger partial charge in [0.1, 0.15) is 12.4 Å². The van der Waals surface area contributed by atoms with Gasteiger partial charge in [-0.2, -0.15) is 0 Å². The number of aryl methyl sites for hydroxylation is 1. The number of carbonyl (C=O) groups is 1. The van der Waals surface area contributed by atoms with Gasteiger partial charge in [0.05, 0.1) is 0 Å². The van der Waals surface area contributed by atoms with Gasteiger partial charge in [-0.1, -0.05) is 54.1 Å². The molecular weight excluding hydrogens is 278 g/mol. The zero-order chi connectivity index (χ0) is 15.8. The summed E-state index contributed by atoms with van der Waals surface area (Å²) < 4.78 is 5.09. The van der Waals surface area contributed by atoms with E-state index in [9.17, 15) is 9.90 Å². The van der Waals surface area contributed by atoms with Crippen LogP contribution in [-0.2, 0) is 11.3 Å². The topological polar surface area (TPSA) is 58.6 Å². The van der Waals surface area contributed by atoms with Crippen molar-refractivity contribution in [1.82, 2.24) is 5.32 Å². The van der Waals surface area contributed by atoms with E-state index in [1.54, 1.807) is 18.2 Å². The zero-order valence-electron chi connectivity index (χ0n) is 12.5. The van der Waals surface area contributed by atoms with E-state index in [-0.39, 0.29) is 12.4 Å². The van der Waals surface area contributed by atoms with Crippen LogP contribution in [0.4, 0.5) is 4.79 Å². The first-order chi connectivity index (χ1) is 10.6. The van der Waals surface area contributed by atoms with Crippen LogP contribution in [0, 0.1) is 6.92 Å². The highest BCUT2D eigenvalue weighted by molar-refractivity contribution is 5.67. The van der Waals surface area contributed by atoms with Crippen molar-refractivity contribution in [3.8, 4) is 5.75 Å². The van der Waals surface area contributed by atoms with Crippen molar-refractivity contribution in [3.05, 3.63) is 71.3 Å². The molecule has 4 heteroatoms. The molecule has 2 aromatic carbocycles. The summed E-state index contributed by atoms with van der Waals surface area (Å²) in [5.74, 6) is 0.216. The molecule has 0 saturated carbocycles. The summed E-state index contributed by atoms with van der Waals surface area (Å²) in [6, 6.07) is 14.9. The van der Waals surface area contributed by atoms with Crippen molar-refractivity contribution in [2.45, 2.75) is 13.5 Å². The van der Waals surface area contributed by atoms with Gasteiger partial charge >= 0.3 is 6.09 Å². The van der Waals surface area contributed by atoms with Crippen molar-refractivity contribution in [1.29, 1.82) is 0 Å². The highest BCUT2D eigenvalue weighted by atomic mass is 16.5. The lowest BCUT2D eigenvalue weighted by Gasteiger charge is -2.05. The summed E-state index contributed by atoms with van der Waals surface area (Å²) in [5.41, 5.74) is 2.73. The molecule has 0 radical (unpaired) electrons. The molecule has 1 amide bonds. The Kier molecular flexibility index (Phi) is 5.60. The maximum atomic E-state index is 11.5. The lowest BCUT2D eigenvalue weighted by molar-refractivity contribution is 0.141. The van der Waals surface area contributed by atoms with E-state index < -0.39 is 6.09 Å². The monoisotopic (exact) mass is 297 g/mol. The summed E-state index contributed by atoms with van der Waals surface area (Å²) in [7, 11) is 0. The molecule has 0 aromatic heterocycles. The van der Waals surface area contributed by atoms with Gasteiger partial charge in [0.15, 0.2) is 0 Å². The van der Waals surface area contributed by atoms with Gasteiger partial charge in [-0.3, -0.25) is 0 Å². The maximum Gasteiger partial charge on any atom is 0.407 e. The van der Waals surface area contributed by atoms with Crippen LogP contribution in [0.25, 0.3) is 6.08 Å². The molecule has 0 aliphatic heterocycles. The van der Waals surface area contributed by atoms with E-state index in [1.807, 2.05) is 49.4 Å². The number of phenols is 1. The summed E-state index contributed by atoms with van der Waals surface area (Å²) in [4.78, 5) is 11.5. The van der Waals surface area contributed by atoms with E-state index in [0.717, 1.165) is 16.7 Å². The molecule has 22 heavy (non-hydrogen) atoms. The highest BCUT2D eigenvalue weighted by Gasteiger charge is 2.01. The van der Waals surface area contributed by atoms with Crippen molar-refractivity contribution >= 4 is 12.2 Å². The Balaban J connectivity index is 1.75. The third kappa shape index (κ3) is 4.98. The van der Waals surface area contributed by atoms with Gasteiger partial charge in [-0.15, -0.1) is 0 Å². The van der Waals surface area contributed by atoms with E-state index >= 15 is 0 Å². The molecule has 0 aliphatic rings. The minimum Gasteiger partial charge on any atom is -0.507 e. The molecule has 0 fully saturated rings. The minimum absolute atomic E-state index is 0.216. The number of alkyl carbamates (subject to hydrolysis) is 1. The summed E-state index contributed by atoms with van der Waals surface area (Å²) in [6.07, 6.45) is 3.06. The van der Waals surface area contributed by atoms with Crippen LogP contribution in [0.1, 0.15) is 16.7 Å². The molecule has 114 valence electrons. The number of carbonyl (C=O) groups excluding carboxylic acids is 1. The third-order valence-corrected chi connectivity index (χ3v) is 3.06. The second kappa shape index (κ2) is 7.88. The first-order valence-electron chi connectivity index (χ1n) is 7.06. The van der Waals surface area contributed by atoms with Crippen LogP contribution in [0.15, 0.2) is 54.6 Å². The Bertz CT molecular complexity index is 651. The molecule has 0 spiro atoms.